The first kappa shape index (κ1) is 14.7. The molecular weight excluding hydrogens is 276 g/mol. The summed E-state index contributed by atoms with van der Waals surface area (Å²) in [6.45, 7) is 5.39. The second-order valence-electron chi connectivity index (χ2n) is 5.66. The van der Waals surface area contributed by atoms with Crippen molar-refractivity contribution in [2.45, 2.75) is 6.92 Å². The minimum absolute atomic E-state index is 0.0132. The number of anilines is 1. The van der Waals surface area contributed by atoms with Crippen LogP contribution in [0.2, 0.25) is 0 Å². The van der Waals surface area contributed by atoms with Crippen LogP contribution in [-0.2, 0) is 4.79 Å². The molecule has 1 aromatic carbocycles. The van der Waals surface area contributed by atoms with Gasteiger partial charge in [0, 0.05) is 26.2 Å². The molecule has 0 amide bonds. The third kappa shape index (κ3) is 3.14. The normalized spacial score (nSPS) is 16.5. The SMILES string of the molecule is CC(=O)C=Cc1nc2ccccc2nc1N1CCN(C)CC1. The highest BCUT2D eigenvalue weighted by molar-refractivity contribution is 5.92. The van der Waals surface area contributed by atoms with Gasteiger partial charge in [-0.15, -0.1) is 0 Å². The molecule has 5 heteroatoms. The van der Waals surface area contributed by atoms with Crippen LogP contribution in [0.4, 0.5) is 5.82 Å². The van der Waals surface area contributed by atoms with Crippen LogP contribution in [0.3, 0.4) is 0 Å². The molecule has 5 nitrogen and oxygen atoms in total. The van der Waals surface area contributed by atoms with Crippen molar-refractivity contribution < 1.29 is 4.79 Å². The van der Waals surface area contributed by atoms with Gasteiger partial charge in [-0.2, -0.15) is 0 Å². The van der Waals surface area contributed by atoms with Gasteiger partial charge in [0.1, 0.15) is 5.69 Å². The predicted octanol–water partition coefficient (Wildman–Crippen LogP) is 1.98. The van der Waals surface area contributed by atoms with E-state index in [0.717, 1.165) is 48.7 Å². The summed E-state index contributed by atoms with van der Waals surface area (Å²) in [5.41, 5.74) is 2.50. The third-order valence-electron chi connectivity index (χ3n) is 3.86. The van der Waals surface area contributed by atoms with Crippen LogP contribution >= 0.6 is 0 Å². The van der Waals surface area contributed by atoms with Crippen molar-refractivity contribution >= 4 is 28.7 Å². The lowest BCUT2D eigenvalue weighted by atomic mass is 10.2. The van der Waals surface area contributed by atoms with Gasteiger partial charge in [0.05, 0.1) is 11.0 Å². The van der Waals surface area contributed by atoms with Crippen molar-refractivity contribution in [1.29, 1.82) is 0 Å². The van der Waals surface area contributed by atoms with E-state index in [-0.39, 0.29) is 5.78 Å². The first-order valence-corrected chi connectivity index (χ1v) is 7.52. The molecule has 1 fully saturated rings. The zero-order valence-corrected chi connectivity index (χ0v) is 13.0. The Balaban J connectivity index is 2.04. The summed E-state index contributed by atoms with van der Waals surface area (Å²) in [7, 11) is 2.12. The Labute approximate surface area is 130 Å². The number of carbonyl (C=O) groups excluding carboxylic acids is 1. The van der Waals surface area contributed by atoms with Crippen LogP contribution in [0, 0.1) is 0 Å². The highest BCUT2D eigenvalue weighted by Gasteiger charge is 2.19. The molecule has 0 spiro atoms. The van der Waals surface area contributed by atoms with Gasteiger partial charge in [-0.3, -0.25) is 4.79 Å². The number of hydrogen-bond acceptors (Lipinski definition) is 5. The zero-order chi connectivity index (χ0) is 15.5. The molecule has 1 saturated heterocycles. The number of rotatable bonds is 3. The molecule has 0 unspecified atom stereocenters. The lowest BCUT2D eigenvalue weighted by molar-refractivity contribution is -0.112. The second-order valence-corrected chi connectivity index (χ2v) is 5.66. The predicted molar refractivity (Wildman–Crippen MR) is 89.0 cm³/mol. The largest absolute Gasteiger partial charge is 0.352 e. The monoisotopic (exact) mass is 296 g/mol. The number of piperazine rings is 1. The van der Waals surface area contributed by atoms with Gasteiger partial charge in [-0.05, 0) is 38.3 Å². The van der Waals surface area contributed by atoms with Crippen molar-refractivity contribution in [3.05, 3.63) is 36.0 Å². The summed E-state index contributed by atoms with van der Waals surface area (Å²) in [5.74, 6) is 0.878. The fraction of sp³-hybridized carbons (Fsp3) is 0.353. The van der Waals surface area contributed by atoms with E-state index in [4.69, 9.17) is 4.98 Å². The first-order valence-electron chi connectivity index (χ1n) is 7.52. The Morgan fingerprint density at radius 1 is 1.09 bits per heavy atom. The van der Waals surface area contributed by atoms with E-state index < -0.39 is 0 Å². The number of carbonyl (C=O) groups is 1. The third-order valence-corrected chi connectivity index (χ3v) is 3.86. The van der Waals surface area contributed by atoms with E-state index in [9.17, 15) is 4.79 Å². The summed E-state index contributed by atoms with van der Waals surface area (Å²) in [6.07, 6.45) is 3.33. The Bertz CT molecular complexity index is 718. The van der Waals surface area contributed by atoms with E-state index in [1.54, 1.807) is 19.1 Å². The maximum atomic E-state index is 11.3. The van der Waals surface area contributed by atoms with Crippen LogP contribution in [0.1, 0.15) is 12.6 Å². The maximum Gasteiger partial charge on any atom is 0.155 e. The molecule has 22 heavy (non-hydrogen) atoms. The number of ketones is 1. The minimum Gasteiger partial charge on any atom is -0.352 e. The summed E-state index contributed by atoms with van der Waals surface area (Å²) >= 11 is 0. The molecule has 114 valence electrons. The van der Waals surface area contributed by atoms with Crippen molar-refractivity contribution in [2.75, 3.05) is 38.1 Å². The number of likely N-dealkylation sites (N-methyl/N-ethyl adjacent to an activating group) is 1. The first-order chi connectivity index (χ1) is 10.6. The molecule has 0 bridgehead atoms. The molecule has 1 aromatic heterocycles. The van der Waals surface area contributed by atoms with Gasteiger partial charge >= 0.3 is 0 Å². The molecule has 0 aliphatic carbocycles. The Kier molecular flexibility index (Phi) is 4.15. The molecular formula is C17H20N4O. The maximum absolute atomic E-state index is 11.3. The lowest BCUT2D eigenvalue weighted by Crippen LogP contribution is -2.45. The van der Waals surface area contributed by atoms with Crippen molar-refractivity contribution in [3.8, 4) is 0 Å². The van der Waals surface area contributed by atoms with Crippen molar-refractivity contribution in [1.82, 2.24) is 14.9 Å². The molecule has 1 aliphatic heterocycles. The number of allylic oxidation sites excluding steroid dienone is 1. The summed E-state index contributed by atoms with van der Waals surface area (Å²) in [4.78, 5) is 25.3. The lowest BCUT2D eigenvalue weighted by Gasteiger charge is -2.33. The van der Waals surface area contributed by atoms with Gasteiger partial charge in [0.15, 0.2) is 11.6 Å². The summed E-state index contributed by atoms with van der Waals surface area (Å²) < 4.78 is 0. The molecule has 3 rings (SSSR count). The molecule has 0 saturated carbocycles. The zero-order valence-electron chi connectivity index (χ0n) is 13.0. The van der Waals surface area contributed by atoms with Crippen LogP contribution in [0.15, 0.2) is 30.3 Å². The van der Waals surface area contributed by atoms with Crippen molar-refractivity contribution in [2.24, 2.45) is 0 Å². The average Bonchev–Trinajstić information content (AvgIpc) is 2.53. The van der Waals surface area contributed by atoms with E-state index in [1.165, 1.54) is 0 Å². The summed E-state index contributed by atoms with van der Waals surface area (Å²) in [6, 6.07) is 7.84. The van der Waals surface area contributed by atoms with E-state index >= 15 is 0 Å². The van der Waals surface area contributed by atoms with Gasteiger partial charge in [0.25, 0.3) is 0 Å². The standard InChI is InChI=1S/C17H20N4O/c1-13(22)7-8-16-17(21-11-9-20(2)10-12-21)19-15-6-4-3-5-14(15)18-16/h3-8H,9-12H2,1-2H3. The van der Waals surface area contributed by atoms with Gasteiger partial charge in [0.2, 0.25) is 0 Å². The molecule has 2 aromatic rings. The van der Waals surface area contributed by atoms with E-state index in [1.807, 2.05) is 24.3 Å². The second kappa shape index (κ2) is 6.23. The molecule has 1 aliphatic rings. The van der Waals surface area contributed by atoms with Crippen LogP contribution < -0.4 is 4.90 Å². The van der Waals surface area contributed by atoms with E-state index in [2.05, 4.69) is 21.8 Å². The molecule has 0 radical (unpaired) electrons. The number of aromatic nitrogens is 2. The number of nitrogens with zero attached hydrogens (tertiary/aromatic N) is 4. The summed E-state index contributed by atoms with van der Waals surface area (Å²) in [5, 5.41) is 0. The van der Waals surface area contributed by atoms with Crippen molar-refractivity contribution in [3.63, 3.8) is 0 Å². The highest BCUT2D eigenvalue weighted by Crippen LogP contribution is 2.22. The van der Waals surface area contributed by atoms with Gasteiger partial charge < -0.3 is 9.80 Å². The molecule has 0 N–H and O–H groups in total. The Morgan fingerprint density at radius 3 is 2.36 bits per heavy atom. The Morgan fingerprint density at radius 2 is 1.73 bits per heavy atom. The van der Waals surface area contributed by atoms with E-state index in [0.29, 0.717) is 0 Å². The highest BCUT2D eigenvalue weighted by atomic mass is 16.1. The quantitative estimate of drug-likeness (QED) is 0.811. The van der Waals surface area contributed by atoms with Crippen LogP contribution in [-0.4, -0.2) is 53.9 Å². The smallest absolute Gasteiger partial charge is 0.155 e. The van der Waals surface area contributed by atoms with Gasteiger partial charge in [-0.25, -0.2) is 9.97 Å². The average molecular weight is 296 g/mol. The minimum atomic E-state index is 0.0132. The number of benzene rings is 1. The van der Waals surface area contributed by atoms with Crippen LogP contribution in [0.5, 0.6) is 0 Å². The number of fused-ring (bicyclic) bond motifs is 1. The number of hydrogen-bond donors (Lipinski definition) is 0. The molecule has 0 atom stereocenters. The Hall–Kier alpha value is -2.27. The fourth-order valence-electron chi connectivity index (χ4n) is 2.56. The number of para-hydroxylation sites is 2. The molecule has 2 heterocycles. The fourth-order valence-corrected chi connectivity index (χ4v) is 2.56. The topological polar surface area (TPSA) is 49.3 Å². The van der Waals surface area contributed by atoms with Crippen LogP contribution in [0.25, 0.3) is 17.1 Å². The van der Waals surface area contributed by atoms with Gasteiger partial charge in [-0.1, -0.05) is 12.1 Å².